The molecule has 1 N–H and O–H groups in total. The molecule has 2 heteroatoms. The van der Waals surface area contributed by atoms with Crippen LogP contribution in [0.25, 0.3) is 0 Å². The highest BCUT2D eigenvalue weighted by Gasteiger charge is 2.16. The number of rotatable bonds is 6. The minimum absolute atomic E-state index is 0.387. The van der Waals surface area contributed by atoms with E-state index in [0.717, 1.165) is 19.4 Å². The van der Waals surface area contributed by atoms with Gasteiger partial charge in [0.1, 0.15) is 0 Å². The molecule has 3 rings (SSSR count). The summed E-state index contributed by atoms with van der Waals surface area (Å²) in [7, 11) is 0. The molecule has 1 aliphatic rings. The van der Waals surface area contributed by atoms with Crippen molar-refractivity contribution in [3.63, 3.8) is 0 Å². The number of hydrogen-bond donors (Lipinski definition) is 1. The average Bonchev–Trinajstić information content (AvgIpc) is 3.13. The quantitative estimate of drug-likeness (QED) is 0.855. The molecule has 1 aliphatic carbocycles. The van der Waals surface area contributed by atoms with E-state index in [-0.39, 0.29) is 0 Å². The molecule has 106 valence electrons. The minimum atomic E-state index is 0.387. The van der Waals surface area contributed by atoms with Crippen molar-refractivity contribution < 1.29 is 4.42 Å². The molecule has 1 atom stereocenters. The van der Waals surface area contributed by atoms with Gasteiger partial charge in [0, 0.05) is 6.04 Å². The Morgan fingerprint density at radius 2 is 2.10 bits per heavy atom. The molecule has 1 aromatic carbocycles. The smallest absolute Gasteiger partial charge is 0.0935 e. The zero-order valence-corrected chi connectivity index (χ0v) is 12.2. The summed E-state index contributed by atoms with van der Waals surface area (Å²) in [6.07, 6.45) is 9.58. The Morgan fingerprint density at radius 3 is 2.90 bits per heavy atom. The Morgan fingerprint density at radius 1 is 1.20 bits per heavy atom. The first-order chi connectivity index (χ1) is 9.86. The molecule has 0 aliphatic heterocycles. The van der Waals surface area contributed by atoms with Gasteiger partial charge < -0.3 is 9.73 Å². The predicted octanol–water partition coefficient (Wildman–Crippen LogP) is 4.05. The second-order valence-electron chi connectivity index (χ2n) is 5.72. The van der Waals surface area contributed by atoms with E-state index in [2.05, 4.69) is 36.5 Å². The van der Waals surface area contributed by atoms with Crippen molar-refractivity contribution in [2.75, 3.05) is 6.54 Å². The van der Waals surface area contributed by atoms with Crippen LogP contribution in [-0.2, 0) is 19.3 Å². The highest BCUT2D eigenvalue weighted by Crippen LogP contribution is 2.27. The highest BCUT2D eigenvalue weighted by molar-refractivity contribution is 5.37. The molecule has 0 saturated carbocycles. The number of furan rings is 1. The van der Waals surface area contributed by atoms with E-state index < -0.39 is 0 Å². The first-order valence-corrected chi connectivity index (χ1v) is 7.73. The van der Waals surface area contributed by atoms with Crippen molar-refractivity contribution in [2.24, 2.45) is 0 Å². The summed E-state index contributed by atoms with van der Waals surface area (Å²) < 4.78 is 5.20. The first-order valence-electron chi connectivity index (χ1n) is 7.73. The Hall–Kier alpha value is -1.54. The summed E-state index contributed by atoms with van der Waals surface area (Å²) in [6.45, 7) is 3.27. The van der Waals surface area contributed by atoms with Crippen molar-refractivity contribution in [1.29, 1.82) is 0 Å². The molecule has 0 fully saturated rings. The minimum Gasteiger partial charge on any atom is -0.472 e. The van der Waals surface area contributed by atoms with Gasteiger partial charge in [-0.15, -0.1) is 0 Å². The lowest BCUT2D eigenvalue weighted by Gasteiger charge is -2.19. The fourth-order valence-corrected chi connectivity index (χ4v) is 3.08. The SMILES string of the molecule is CCCNC(Cc1ccoc1)c1ccc2c(c1)CCC2. The summed E-state index contributed by atoms with van der Waals surface area (Å²) in [5.74, 6) is 0. The van der Waals surface area contributed by atoms with Crippen LogP contribution in [0.2, 0.25) is 0 Å². The van der Waals surface area contributed by atoms with Gasteiger partial charge >= 0.3 is 0 Å². The molecular formula is C18H23NO. The molecule has 1 unspecified atom stereocenters. The molecule has 1 aromatic heterocycles. The van der Waals surface area contributed by atoms with E-state index in [1.807, 2.05) is 6.26 Å². The lowest BCUT2D eigenvalue weighted by atomic mass is 9.97. The maximum absolute atomic E-state index is 5.20. The van der Waals surface area contributed by atoms with Crippen LogP contribution >= 0.6 is 0 Å². The van der Waals surface area contributed by atoms with Crippen molar-refractivity contribution in [3.05, 3.63) is 59.0 Å². The van der Waals surface area contributed by atoms with Gasteiger partial charge in [-0.05, 0) is 67.0 Å². The summed E-state index contributed by atoms with van der Waals surface area (Å²) in [4.78, 5) is 0. The third-order valence-corrected chi connectivity index (χ3v) is 4.19. The topological polar surface area (TPSA) is 25.2 Å². The van der Waals surface area contributed by atoms with Gasteiger partial charge in [0.15, 0.2) is 0 Å². The van der Waals surface area contributed by atoms with E-state index >= 15 is 0 Å². The third kappa shape index (κ3) is 2.96. The molecule has 0 radical (unpaired) electrons. The van der Waals surface area contributed by atoms with Crippen LogP contribution in [0.15, 0.2) is 41.2 Å². The number of fused-ring (bicyclic) bond motifs is 1. The molecule has 0 spiro atoms. The maximum Gasteiger partial charge on any atom is 0.0935 e. The Kier molecular flexibility index (Phi) is 4.22. The molecule has 2 aromatic rings. The lowest BCUT2D eigenvalue weighted by molar-refractivity contribution is 0.520. The summed E-state index contributed by atoms with van der Waals surface area (Å²) in [6, 6.07) is 9.49. The molecule has 2 nitrogen and oxygen atoms in total. The van der Waals surface area contributed by atoms with Crippen molar-refractivity contribution in [2.45, 2.75) is 45.1 Å². The fraction of sp³-hybridized carbons (Fsp3) is 0.444. The third-order valence-electron chi connectivity index (χ3n) is 4.19. The van der Waals surface area contributed by atoms with Crippen molar-refractivity contribution >= 4 is 0 Å². The lowest BCUT2D eigenvalue weighted by Crippen LogP contribution is -2.24. The van der Waals surface area contributed by atoms with Crippen LogP contribution < -0.4 is 5.32 Å². The Labute approximate surface area is 121 Å². The van der Waals surface area contributed by atoms with Gasteiger partial charge in [-0.1, -0.05) is 25.1 Å². The van der Waals surface area contributed by atoms with Crippen LogP contribution in [0.4, 0.5) is 0 Å². The van der Waals surface area contributed by atoms with Gasteiger partial charge in [0.2, 0.25) is 0 Å². The number of nitrogens with one attached hydrogen (secondary N) is 1. The fourth-order valence-electron chi connectivity index (χ4n) is 3.08. The number of hydrogen-bond acceptors (Lipinski definition) is 2. The zero-order chi connectivity index (χ0) is 13.8. The van der Waals surface area contributed by atoms with Crippen molar-refractivity contribution in [1.82, 2.24) is 5.32 Å². The maximum atomic E-state index is 5.20. The molecule has 0 bridgehead atoms. The second-order valence-corrected chi connectivity index (χ2v) is 5.72. The van der Waals surface area contributed by atoms with Crippen LogP contribution in [-0.4, -0.2) is 6.54 Å². The van der Waals surface area contributed by atoms with E-state index in [9.17, 15) is 0 Å². The predicted molar refractivity (Wildman–Crippen MR) is 81.9 cm³/mol. The van der Waals surface area contributed by atoms with Crippen LogP contribution in [0.1, 0.15) is 48.1 Å². The summed E-state index contributed by atoms with van der Waals surface area (Å²) in [5, 5.41) is 3.67. The van der Waals surface area contributed by atoms with Crippen LogP contribution in [0, 0.1) is 0 Å². The molecule has 0 saturated heterocycles. The average molecular weight is 269 g/mol. The summed E-state index contributed by atoms with van der Waals surface area (Å²) >= 11 is 0. The zero-order valence-electron chi connectivity index (χ0n) is 12.2. The van der Waals surface area contributed by atoms with Gasteiger partial charge in [0.25, 0.3) is 0 Å². The first kappa shape index (κ1) is 13.4. The monoisotopic (exact) mass is 269 g/mol. The Balaban J connectivity index is 1.80. The van der Waals surface area contributed by atoms with Gasteiger partial charge in [0.05, 0.1) is 12.5 Å². The molecule has 0 amide bonds. The van der Waals surface area contributed by atoms with E-state index in [4.69, 9.17) is 4.42 Å². The van der Waals surface area contributed by atoms with Gasteiger partial charge in [-0.25, -0.2) is 0 Å². The Bertz CT molecular complexity index is 545. The molecule has 20 heavy (non-hydrogen) atoms. The van der Waals surface area contributed by atoms with E-state index in [0.29, 0.717) is 6.04 Å². The van der Waals surface area contributed by atoms with Crippen LogP contribution in [0.5, 0.6) is 0 Å². The van der Waals surface area contributed by atoms with E-state index in [1.54, 1.807) is 17.4 Å². The normalized spacial score (nSPS) is 15.2. The standard InChI is InChI=1S/C18H23NO/c1-2-9-19-18(11-14-8-10-20-13-14)17-7-6-15-4-3-5-16(15)12-17/h6-8,10,12-13,18-19H,2-5,9,11H2,1H3. The van der Waals surface area contributed by atoms with E-state index in [1.165, 1.54) is 30.4 Å². The number of aryl methyl sites for hydroxylation is 2. The van der Waals surface area contributed by atoms with Gasteiger partial charge in [-0.3, -0.25) is 0 Å². The molecular weight excluding hydrogens is 246 g/mol. The van der Waals surface area contributed by atoms with Gasteiger partial charge in [-0.2, -0.15) is 0 Å². The summed E-state index contributed by atoms with van der Waals surface area (Å²) in [5.41, 5.74) is 5.78. The number of benzene rings is 1. The molecule has 1 heterocycles. The van der Waals surface area contributed by atoms with Crippen molar-refractivity contribution in [3.8, 4) is 0 Å². The largest absolute Gasteiger partial charge is 0.472 e. The highest BCUT2D eigenvalue weighted by atomic mass is 16.3. The van der Waals surface area contributed by atoms with Crippen LogP contribution in [0.3, 0.4) is 0 Å². The second kappa shape index (κ2) is 6.27.